The molecule has 2 rings (SSSR count). The molecule has 0 radical (unpaired) electrons. The molecule has 0 N–H and O–H groups in total. The third-order valence-electron chi connectivity index (χ3n) is 3.24. The van der Waals surface area contributed by atoms with E-state index in [2.05, 4.69) is 0 Å². The quantitative estimate of drug-likeness (QED) is 0.783. The van der Waals surface area contributed by atoms with Gasteiger partial charge in [0.2, 0.25) is 0 Å². The Hall–Kier alpha value is -1.06. The topological polar surface area (TPSA) is 29.5 Å². The molecule has 1 aliphatic rings. The highest BCUT2D eigenvalue weighted by atomic mass is 35.5. The Balaban J connectivity index is 2.30. The van der Waals surface area contributed by atoms with Crippen molar-refractivity contribution in [2.75, 3.05) is 13.2 Å². The van der Waals surface area contributed by atoms with E-state index >= 15 is 0 Å². The van der Waals surface area contributed by atoms with Crippen molar-refractivity contribution in [3.05, 3.63) is 34.9 Å². The van der Waals surface area contributed by atoms with Crippen molar-refractivity contribution in [3.8, 4) is 0 Å². The Morgan fingerprint density at radius 1 is 1.44 bits per heavy atom. The highest BCUT2D eigenvalue weighted by Gasteiger charge is 2.37. The van der Waals surface area contributed by atoms with Crippen LogP contribution < -0.4 is 0 Å². The molecule has 0 bridgehead atoms. The van der Waals surface area contributed by atoms with Gasteiger partial charge in [-0.2, -0.15) is 0 Å². The normalized spacial score (nSPS) is 22.9. The maximum Gasteiger partial charge on any atom is 0.255 e. The molecule has 1 atom stereocenters. The molecule has 1 fully saturated rings. The summed E-state index contributed by atoms with van der Waals surface area (Å²) in [7, 11) is 0. The fraction of sp³-hybridized carbons (Fsp3) is 0.500. The second-order valence-electron chi connectivity index (χ2n) is 5.33. The molecule has 1 aliphatic heterocycles. The molecular weight excluding hydrogens is 250 g/mol. The van der Waals surface area contributed by atoms with E-state index in [1.807, 2.05) is 37.8 Å². The van der Waals surface area contributed by atoms with Gasteiger partial charge in [0.05, 0.1) is 28.8 Å². The van der Waals surface area contributed by atoms with Crippen LogP contribution in [0.2, 0.25) is 5.02 Å². The SMILES string of the molecule is CC1CN(C(=O)c2ccccc2Cl)C(C)(C)CO1. The number of carbonyl (C=O) groups is 1. The molecule has 0 saturated carbocycles. The zero-order chi connectivity index (χ0) is 13.3. The highest BCUT2D eigenvalue weighted by molar-refractivity contribution is 6.33. The molecule has 1 saturated heterocycles. The summed E-state index contributed by atoms with van der Waals surface area (Å²) < 4.78 is 5.61. The minimum atomic E-state index is -0.303. The molecule has 1 unspecified atom stereocenters. The lowest BCUT2D eigenvalue weighted by Gasteiger charge is -2.44. The summed E-state index contributed by atoms with van der Waals surface area (Å²) in [6.45, 7) is 7.13. The average Bonchev–Trinajstić information content (AvgIpc) is 2.32. The number of benzene rings is 1. The number of nitrogens with zero attached hydrogens (tertiary/aromatic N) is 1. The van der Waals surface area contributed by atoms with Crippen molar-refractivity contribution >= 4 is 17.5 Å². The zero-order valence-corrected chi connectivity index (χ0v) is 11.7. The Labute approximate surface area is 113 Å². The van der Waals surface area contributed by atoms with E-state index in [1.165, 1.54) is 0 Å². The van der Waals surface area contributed by atoms with Gasteiger partial charge >= 0.3 is 0 Å². The summed E-state index contributed by atoms with van der Waals surface area (Å²) in [4.78, 5) is 14.4. The standard InChI is InChI=1S/C14H18ClNO2/c1-10-8-16(14(2,3)9-18-10)13(17)11-6-4-5-7-12(11)15/h4-7,10H,8-9H2,1-3H3. The third-order valence-corrected chi connectivity index (χ3v) is 3.57. The van der Waals surface area contributed by atoms with Crippen LogP contribution in [-0.2, 0) is 4.74 Å². The number of halogens is 1. The number of ether oxygens (including phenoxy) is 1. The molecule has 0 spiro atoms. The van der Waals surface area contributed by atoms with Crippen LogP contribution in [0.5, 0.6) is 0 Å². The minimum Gasteiger partial charge on any atom is -0.374 e. The first-order valence-corrected chi connectivity index (χ1v) is 6.48. The van der Waals surface area contributed by atoms with Crippen LogP contribution in [0.25, 0.3) is 0 Å². The Morgan fingerprint density at radius 2 is 2.11 bits per heavy atom. The van der Waals surface area contributed by atoms with E-state index in [0.29, 0.717) is 23.7 Å². The van der Waals surface area contributed by atoms with E-state index in [1.54, 1.807) is 12.1 Å². The summed E-state index contributed by atoms with van der Waals surface area (Å²) >= 11 is 6.09. The molecule has 98 valence electrons. The molecule has 4 heteroatoms. The summed E-state index contributed by atoms with van der Waals surface area (Å²) in [5.74, 6) is -0.0271. The highest BCUT2D eigenvalue weighted by Crippen LogP contribution is 2.26. The van der Waals surface area contributed by atoms with Crippen molar-refractivity contribution in [2.45, 2.75) is 32.4 Å². The predicted octanol–water partition coefficient (Wildman–Crippen LogP) is 2.98. The van der Waals surface area contributed by atoms with Crippen molar-refractivity contribution in [1.82, 2.24) is 4.90 Å². The first-order valence-electron chi connectivity index (χ1n) is 6.10. The number of amides is 1. The molecule has 18 heavy (non-hydrogen) atoms. The van der Waals surface area contributed by atoms with Gasteiger partial charge in [-0.05, 0) is 32.9 Å². The van der Waals surface area contributed by atoms with Crippen LogP contribution in [0.3, 0.4) is 0 Å². The van der Waals surface area contributed by atoms with Gasteiger partial charge in [0.1, 0.15) is 0 Å². The number of hydrogen-bond donors (Lipinski definition) is 0. The molecule has 1 aromatic carbocycles. The smallest absolute Gasteiger partial charge is 0.255 e. The summed E-state index contributed by atoms with van der Waals surface area (Å²) in [6, 6.07) is 7.16. The zero-order valence-electron chi connectivity index (χ0n) is 10.9. The lowest BCUT2D eigenvalue weighted by Crippen LogP contribution is -2.57. The van der Waals surface area contributed by atoms with Crippen LogP contribution in [-0.4, -0.2) is 35.6 Å². The lowest BCUT2D eigenvalue weighted by atomic mass is 9.99. The van der Waals surface area contributed by atoms with Crippen LogP contribution in [0.1, 0.15) is 31.1 Å². The van der Waals surface area contributed by atoms with Crippen LogP contribution in [0.15, 0.2) is 24.3 Å². The number of hydrogen-bond acceptors (Lipinski definition) is 2. The van der Waals surface area contributed by atoms with Gasteiger partial charge in [-0.25, -0.2) is 0 Å². The second kappa shape index (κ2) is 4.90. The van der Waals surface area contributed by atoms with Gasteiger partial charge in [0.25, 0.3) is 5.91 Å². The average molecular weight is 268 g/mol. The molecule has 0 aliphatic carbocycles. The molecule has 0 aromatic heterocycles. The van der Waals surface area contributed by atoms with Crippen LogP contribution >= 0.6 is 11.6 Å². The van der Waals surface area contributed by atoms with Gasteiger partial charge in [0, 0.05) is 6.54 Å². The number of rotatable bonds is 1. The Kier molecular flexibility index (Phi) is 3.64. The molecule has 1 heterocycles. The molecule has 1 amide bonds. The lowest BCUT2D eigenvalue weighted by molar-refractivity contribution is -0.0755. The van der Waals surface area contributed by atoms with Crippen molar-refractivity contribution < 1.29 is 9.53 Å². The maximum atomic E-state index is 12.6. The van der Waals surface area contributed by atoms with E-state index in [9.17, 15) is 4.79 Å². The predicted molar refractivity (Wildman–Crippen MR) is 72.0 cm³/mol. The van der Waals surface area contributed by atoms with Crippen LogP contribution in [0.4, 0.5) is 0 Å². The fourth-order valence-corrected chi connectivity index (χ4v) is 2.34. The summed E-state index contributed by atoms with van der Waals surface area (Å²) in [6.07, 6.45) is 0.0597. The van der Waals surface area contributed by atoms with E-state index in [0.717, 1.165) is 0 Å². The summed E-state index contributed by atoms with van der Waals surface area (Å²) in [5, 5.41) is 0.498. The van der Waals surface area contributed by atoms with Gasteiger partial charge in [-0.3, -0.25) is 4.79 Å². The largest absolute Gasteiger partial charge is 0.374 e. The van der Waals surface area contributed by atoms with E-state index in [4.69, 9.17) is 16.3 Å². The van der Waals surface area contributed by atoms with E-state index < -0.39 is 0 Å². The Bertz CT molecular complexity index is 459. The Morgan fingerprint density at radius 3 is 2.78 bits per heavy atom. The first-order chi connectivity index (χ1) is 8.42. The molecule has 1 aromatic rings. The van der Waals surface area contributed by atoms with Gasteiger partial charge < -0.3 is 9.64 Å². The van der Waals surface area contributed by atoms with Gasteiger partial charge in [-0.15, -0.1) is 0 Å². The first kappa shape index (κ1) is 13.4. The van der Waals surface area contributed by atoms with Crippen LogP contribution in [0, 0.1) is 0 Å². The second-order valence-corrected chi connectivity index (χ2v) is 5.74. The summed E-state index contributed by atoms with van der Waals surface area (Å²) in [5.41, 5.74) is 0.254. The minimum absolute atomic E-state index is 0.0271. The van der Waals surface area contributed by atoms with E-state index in [-0.39, 0.29) is 17.6 Å². The van der Waals surface area contributed by atoms with Gasteiger partial charge in [0.15, 0.2) is 0 Å². The third kappa shape index (κ3) is 2.52. The van der Waals surface area contributed by atoms with Crippen molar-refractivity contribution in [1.29, 1.82) is 0 Å². The molecule has 3 nitrogen and oxygen atoms in total. The number of carbonyl (C=O) groups excluding carboxylic acids is 1. The van der Waals surface area contributed by atoms with Crippen molar-refractivity contribution in [3.63, 3.8) is 0 Å². The molecular formula is C14H18ClNO2. The maximum absolute atomic E-state index is 12.6. The monoisotopic (exact) mass is 267 g/mol. The van der Waals surface area contributed by atoms with Crippen molar-refractivity contribution in [2.24, 2.45) is 0 Å². The number of morpholine rings is 1. The van der Waals surface area contributed by atoms with Gasteiger partial charge in [-0.1, -0.05) is 23.7 Å². The fourth-order valence-electron chi connectivity index (χ4n) is 2.12.